The minimum Gasteiger partial charge on any atom is -0.505 e. The number of phenols is 1. The van der Waals surface area contributed by atoms with Crippen LogP contribution in [0.3, 0.4) is 0 Å². The first-order valence-electron chi connectivity index (χ1n) is 6.54. The second kappa shape index (κ2) is 5.48. The molecule has 0 spiro atoms. The van der Waals surface area contributed by atoms with E-state index in [1.165, 1.54) is 12.1 Å². The van der Waals surface area contributed by atoms with E-state index >= 15 is 0 Å². The molecule has 104 valence electrons. The molecule has 5 N–H and O–H groups in total. The molecular weight excluding hydrogens is 244 g/mol. The van der Waals surface area contributed by atoms with E-state index in [4.69, 9.17) is 5.73 Å². The van der Waals surface area contributed by atoms with Gasteiger partial charge in [-0.2, -0.15) is 0 Å². The van der Waals surface area contributed by atoms with Crippen molar-refractivity contribution >= 4 is 11.6 Å². The third kappa shape index (κ3) is 2.81. The van der Waals surface area contributed by atoms with E-state index in [0.29, 0.717) is 6.54 Å². The van der Waals surface area contributed by atoms with E-state index in [1.807, 2.05) is 0 Å². The van der Waals surface area contributed by atoms with Gasteiger partial charge in [-0.05, 0) is 25.0 Å². The van der Waals surface area contributed by atoms with Crippen LogP contribution in [-0.2, 0) is 0 Å². The number of para-hydroxylation sites is 1. The Labute approximate surface area is 112 Å². The van der Waals surface area contributed by atoms with Crippen molar-refractivity contribution in [2.45, 2.75) is 25.7 Å². The standard InChI is InChI=1S/C14H20N2O3/c15-11-5-3-4-10(12(11)18)13(19)16-8-14(9-17)6-1-2-7-14/h3-5,17-18H,1-2,6-9,15H2,(H,16,19). The molecule has 19 heavy (non-hydrogen) atoms. The summed E-state index contributed by atoms with van der Waals surface area (Å²) in [5.41, 5.74) is 5.71. The number of rotatable bonds is 4. The molecule has 1 aromatic rings. The fraction of sp³-hybridized carbons (Fsp3) is 0.500. The van der Waals surface area contributed by atoms with Crippen LogP contribution in [-0.4, -0.2) is 29.3 Å². The van der Waals surface area contributed by atoms with Crippen LogP contribution >= 0.6 is 0 Å². The third-order valence-electron chi connectivity index (χ3n) is 3.94. The number of benzene rings is 1. The lowest BCUT2D eigenvalue weighted by Gasteiger charge is -2.26. The second-order valence-corrected chi connectivity index (χ2v) is 5.29. The van der Waals surface area contributed by atoms with Crippen LogP contribution in [0.2, 0.25) is 0 Å². The Morgan fingerprint density at radius 1 is 1.37 bits per heavy atom. The number of aromatic hydroxyl groups is 1. The fourth-order valence-electron chi connectivity index (χ4n) is 2.62. The average Bonchev–Trinajstić information content (AvgIpc) is 2.89. The van der Waals surface area contributed by atoms with Crippen LogP contribution < -0.4 is 11.1 Å². The van der Waals surface area contributed by atoms with Crippen LogP contribution in [0, 0.1) is 5.41 Å². The minimum atomic E-state index is -0.357. The summed E-state index contributed by atoms with van der Waals surface area (Å²) in [5, 5.41) is 22.0. The fourth-order valence-corrected chi connectivity index (χ4v) is 2.62. The highest BCUT2D eigenvalue weighted by atomic mass is 16.3. The molecule has 5 nitrogen and oxygen atoms in total. The topological polar surface area (TPSA) is 95.6 Å². The Kier molecular flexibility index (Phi) is 3.95. The lowest BCUT2D eigenvalue weighted by Crippen LogP contribution is -2.38. The van der Waals surface area contributed by atoms with Gasteiger partial charge in [0.25, 0.3) is 5.91 Å². The zero-order chi connectivity index (χ0) is 13.9. The lowest BCUT2D eigenvalue weighted by molar-refractivity contribution is 0.0878. The molecule has 0 radical (unpaired) electrons. The first-order valence-corrected chi connectivity index (χ1v) is 6.54. The van der Waals surface area contributed by atoms with E-state index in [2.05, 4.69) is 5.32 Å². The summed E-state index contributed by atoms with van der Waals surface area (Å²) in [6, 6.07) is 4.70. The van der Waals surface area contributed by atoms with Gasteiger partial charge in [0.1, 0.15) is 0 Å². The predicted octanol–water partition coefficient (Wildman–Crippen LogP) is 1.26. The number of hydrogen-bond acceptors (Lipinski definition) is 4. The highest BCUT2D eigenvalue weighted by molar-refractivity contribution is 5.98. The van der Waals surface area contributed by atoms with E-state index in [-0.39, 0.29) is 34.9 Å². The molecule has 2 rings (SSSR count). The molecular formula is C14H20N2O3. The maximum Gasteiger partial charge on any atom is 0.255 e. The van der Waals surface area contributed by atoms with Crippen molar-refractivity contribution in [2.24, 2.45) is 5.41 Å². The van der Waals surface area contributed by atoms with Gasteiger partial charge in [-0.1, -0.05) is 18.9 Å². The molecule has 1 fully saturated rings. The van der Waals surface area contributed by atoms with E-state index < -0.39 is 0 Å². The maximum atomic E-state index is 12.0. The molecule has 0 atom stereocenters. The van der Waals surface area contributed by atoms with Crippen LogP contribution in [0.4, 0.5) is 5.69 Å². The van der Waals surface area contributed by atoms with Gasteiger partial charge in [0.2, 0.25) is 0 Å². The summed E-state index contributed by atoms with van der Waals surface area (Å²) in [7, 11) is 0. The van der Waals surface area contributed by atoms with Gasteiger partial charge in [0.15, 0.2) is 5.75 Å². The number of amides is 1. The summed E-state index contributed by atoms with van der Waals surface area (Å²) >= 11 is 0. The molecule has 1 amide bonds. The van der Waals surface area contributed by atoms with E-state index in [1.54, 1.807) is 6.07 Å². The summed E-state index contributed by atoms with van der Waals surface area (Å²) in [6.07, 6.45) is 4.01. The van der Waals surface area contributed by atoms with Gasteiger partial charge in [0.05, 0.1) is 17.9 Å². The second-order valence-electron chi connectivity index (χ2n) is 5.29. The van der Waals surface area contributed by atoms with Crippen molar-refractivity contribution in [3.8, 4) is 5.75 Å². The number of nitrogens with one attached hydrogen (secondary N) is 1. The number of aliphatic hydroxyl groups is 1. The highest BCUT2D eigenvalue weighted by Crippen LogP contribution is 2.37. The first kappa shape index (κ1) is 13.7. The van der Waals surface area contributed by atoms with Crippen molar-refractivity contribution in [2.75, 3.05) is 18.9 Å². The zero-order valence-corrected chi connectivity index (χ0v) is 10.9. The van der Waals surface area contributed by atoms with Gasteiger partial charge in [0, 0.05) is 12.0 Å². The molecule has 0 aliphatic heterocycles. The molecule has 1 saturated carbocycles. The lowest BCUT2D eigenvalue weighted by atomic mass is 9.87. The van der Waals surface area contributed by atoms with Crippen molar-refractivity contribution in [3.05, 3.63) is 23.8 Å². The molecule has 0 unspecified atom stereocenters. The van der Waals surface area contributed by atoms with Gasteiger partial charge in [-0.15, -0.1) is 0 Å². The number of carbonyl (C=O) groups is 1. The molecule has 1 aliphatic rings. The van der Waals surface area contributed by atoms with Crippen molar-refractivity contribution < 1.29 is 15.0 Å². The smallest absolute Gasteiger partial charge is 0.255 e. The molecule has 5 heteroatoms. The van der Waals surface area contributed by atoms with Crippen molar-refractivity contribution in [1.29, 1.82) is 0 Å². The Bertz CT molecular complexity index is 468. The summed E-state index contributed by atoms with van der Waals surface area (Å²) in [6.45, 7) is 0.507. The summed E-state index contributed by atoms with van der Waals surface area (Å²) < 4.78 is 0. The summed E-state index contributed by atoms with van der Waals surface area (Å²) in [5.74, 6) is -0.547. The third-order valence-corrected chi connectivity index (χ3v) is 3.94. The van der Waals surface area contributed by atoms with Gasteiger partial charge < -0.3 is 21.3 Å². The Morgan fingerprint density at radius 3 is 2.68 bits per heavy atom. The zero-order valence-electron chi connectivity index (χ0n) is 10.9. The average molecular weight is 264 g/mol. The molecule has 1 aromatic carbocycles. The number of hydrogen-bond donors (Lipinski definition) is 4. The largest absolute Gasteiger partial charge is 0.505 e. The van der Waals surface area contributed by atoms with E-state index in [0.717, 1.165) is 25.7 Å². The number of nitrogens with two attached hydrogens (primary N) is 1. The molecule has 0 saturated heterocycles. The number of nitrogen functional groups attached to an aromatic ring is 1. The van der Waals surface area contributed by atoms with Crippen LogP contribution in [0.25, 0.3) is 0 Å². The molecule has 0 heterocycles. The normalized spacial score (nSPS) is 17.3. The molecule has 1 aliphatic carbocycles. The predicted molar refractivity (Wildman–Crippen MR) is 72.8 cm³/mol. The van der Waals surface area contributed by atoms with Gasteiger partial charge in [-0.3, -0.25) is 4.79 Å². The SMILES string of the molecule is Nc1cccc(C(=O)NCC2(CO)CCCC2)c1O. The quantitative estimate of drug-likeness (QED) is 0.486. The van der Waals surface area contributed by atoms with Crippen LogP contribution in [0.1, 0.15) is 36.0 Å². The van der Waals surface area contributed by atoms with E-state index in [9.17, 15) is 15.0 Å². The Hall–Kier alpha value is -1.75. The van der Waals surface area contributed by atoms with Crippen LogP contribution in [0.15, 0.2) is 18.2 Å². The number of carbonyl (C=O) groups excluding carboxylic acids is 1. The van der Waals surface area contributed by atoms with Gasteiger partial charge in [-0.25, -0.2) is 0 Å². The highest BCUT2D eigenvalue weighted by Gasteiger charge is 2.33. The Balaban J connectivity index is 2.03. The monoisotopic (exact) mass is 264 g/mol. The van der Waals surface area contributed by atoms with Crippen LogP contribution in [0.5, 0.6) is 5.75 Å². The number of anilines is 1. The van der Waals surface area contributed by atoms with Gasteiger partial charge >= 0.3 is 0 Å². The molecule has 0 bridgehead atoms. The summed E-state index contributed by atoms with van der Waals surface area (Å²) in [4.78, 5) is 12.0. The maximum absolute atomic E-state index is 12.0. The van der Waals surface area contributed by atoms with Crippen molar-refractivity contribution in [1.82, 2.24) is 5.32 Å². The minimum absolute atomic E-state index is 0.0796. The molecule has 0 aromatic heterocycles. The number of phenolic OH excluding ortho intramolecular Hbond substituents is 1. The Morgan fingerprint density at radius 2 is 2.05 bits per heavy atom. The van der Waals surface area contributed by atoms with Crippen molar-refractivity contribution in [3.63, 3.8) is 0 Å². The number of aliphatic hydroxyl groups excluding tert-OH is 1. The first-order chi connectivity index (χ1) is 9.08.